The fourth-order valence-corrected chi connectivity index (χ4v) is 2.21. The minimum absolute atomic E-state index is 0.0589. The molecule has 0 amide bonds. The maximum atomic E-state index is 12.5. The van der Waals surface area contributed by atoms with Crippen molar-refractivity contribution in [2.45, 2.75) is 12.7 Å². The third kappa shape index (κ3) is 4.75. The van der Waals surface area contributed by atoms with Crippen molar-refractivity contribution in [3.63, 3.8) is 0 Å². The Hall–Kier alpha value is -2.08. The Balaban J connectivity index is 2.18. The average molecular weight is 297 g/mol. The number of benzene rings is 2. The van der Waals surface area contributed by atoms with Gasteiger partial charge in [-0.2, -0.15) is 13.2 Å². The molecule has 2 aromatic rings. The number of hydrogen-bond donors (Lipinski definition) is 1. The second-order valence-corrected chi connectivity index (χ2v) is 4.84. The fraction of sp³-hybridized carbons (Fsp3) is 0.267. The van der Waals surface area contributed by atoms with Crippen molar-refractivity contribution >= 4 is 16.7 Å². The van der Waals surface area contributed by atoms with E-state index < -0.39 is 25.2 Å². The van der Waals surface area contributed by atoms with Gasteiger partial charge in [-0.1, -0.05) is 36.4 Å². The number of carboxylic acids is 1. The highest BCUT2D eigenvalue weighted by Gasteiger charge is 2.31. The molecule has 0 saturated heterocycles. The average Bonchev–Trinajstić information content (AvgIpc) is 2.35. The first-order chi connectivity index (χ1) is 9.83. The zero-order valence-corrected chi connectivity index (χ0v) is 11.1. The van der Waals surface area contributed by atoms with Gasteiger partial charge in [0, 0.05) is 6.54 Å². The molecule has 0 fully saturated rings. The Kier molecular flexibility index (Phi) is 4.47. The SMILES string of the molecule is O=C(O)CN(Cc1ccc2ccccc2c1)CC(F)(F)F. The van der Waals surface area contributed by atoms with Crippen molar-refractivity contribution in [1.29, 1.82) is 0 Å². The quantitative estimate of drug-likeness (QED) is 0.920. The molecule has 0 heterocycles. The van der Waals surface area contributed by atoms with Crippen molar-refractivity contribution in [1.82, 2.24) is 4.90 Å². The number of carboxylic acid groups (broad SMARTS) is 1. The van der Waals surface area contributed by atoms with E-state index in [-0.39, 0.29) is 6.54 Å². The summed E-state index contributed by atoms with van der Waals surface area (Å²) in [6.07, 6.45) is -4.42. The molecule has 1 N–H and O–H groups in total. The maximum absolute atomic E-state index is 12.5. The first kappa shape index (κ1) is 15.3. The van der Waals surface area contributed by atoms with Crippen LogP contribution < -0.4 is 0 Å². The van der Waals surface area contributed by atoms with E-state index in [2.05, 4.69) is 0 Å². The molecule has 0 aliphatic rings. The van der Waals surface area contributed by atoms with Gasteiger partial charge < -0.3 is 5.11 Å². The fourth-order valence-electron chi connectivity index (χ4n) is 2.21. The molecule has 112 valence electrons. The van der Waals surface area contributed by atoms with Crippen LogP contribution in [0.15, 0.2) is 42.5 Å². The smallest absolute Gasteiger partial charge is 0.401 e. The van der Waals surface area contributed by atoms with Gasteiger partial charge in [0.15, 0.2) is 0 Å². The van der Waals surface area contributed by atoms with Crippen LogP contribution in [0.2, 0.25) is 0 Å². The predicted molar refractivity (Wildman–Crippen MR) is 72.9 cm³/mol. The van der Waals surface area contributed by atoms with Gasteiger partial charge in [-0.25, -0.2) is 0 Å². The Bertz CT molecular complexity index is 640. The Morgan fingerprint density at radius 3 is 2.38 bits per heavy atom. The van der Waals surface area contributed by atoms with E-state index in [1.807, 2.05) is 30.3 Å². The van der Waals surface area contributed by atoms with Crippen molar-refractivity contribution in [3.8, 4) is 0 Å². The molecule has 6 heteroatoms. The maximum Gasteiger partial charge on any atom is 0.401 e. The summed E-state index contributed by atoms with van der Waals surface area (Å²) >= 11 is 0. The predicted octanol–water partition coefficient (Wildman–Crippen LogP) is 3.29. The molecule has 0 unspecified atom stereocenters. The summed E-state index contributed by atoms with van der Waals surface area (Å²) in [5.74, 6) is -1.28. The van der Waals surface area contributed by atoms with E-state index in [4.69, 9.17) is 5.11 Å². The Morgan fingerprint density at radius 2 is 1.76 bits per heavy atom. The molecule has 2 aromatic carbocycles. The standard InChI is InChI=1S/C15H14F3NO2/c16-15(17,18)10-19(9-14(20)21)8-11-5-6-12-3-1-2-4-13(12)7-11/h1-7H,8-10H2,(H,20,21). The summed E-state index contributed by atoms with van der Waals surface area (Å²) in [6, 6.07) is 12.8. The first-order valence-corrected chi connectivity index (χ1v) is 6.32. The van der Waals surface area contributed by atoms with Crippen LogP contribution in [0.4, 0.5) is 13.2 Å². The Morgan fingerprint density at radius 1 is 1.10 bits per heavy atom. The number of halogens is 3. The van der Waals surface area contributed by atoms with Crippen molar-refractivity contribution in [2.75, 3.05) is 13.1 Å². The number of aliphatic carboxylic acids is 1. The van der Waals surface area contributed by atoms with E-state index in [0.29, 0.717) is 5.56 Å². The van der Waals surface area contributed by atoms with E-state index >= 15 is 0 Å². The summed E-state index contributed by atoms with van der Waals surface area (Å²) in [7, 11) is 0. The van der Waals surface area contributed by atoms with Gasteiger partial charge in [0.25, 0.3) is 0 Å². The summed E-state index contributed by atoms with van der Waals surface area (Å²) in [5, 5.41) is 10.6. The molecule has 0 spiro atoms. The highest BCUT2D eigenvalue weighted by Crippen LogP contribution is 2.20. The number of fused-ring (bicyclic) bond motifs is 1. The molecule has 21 heavy (non-hydrogen) atoms. The second-order valence-electron chi connectivity index (χ2n) is 4.84. The van der Waals surface area contributed by atoms with Gasteiger partial charge in [0.05, 0.1) is 13.1 Å². The van der Waals surface area contributed by atoms with Gasteiger partial charge in [0.1, 0.15) is 0 Å². The van der Waals surface area contributed by atoms with Crippen molar-refractivity contribution < 1.29 is 23.1 Å². The number of rotatable bonds is 5. The molecule has 0 radical (unpaired) electrons. The highest BCUT2D eigenvalue weighted by atomic mass is 19.4. The van der Waals surface area contributed by atoms with Crippen molar-refractivity contribution in [3.05, 3.63) is 48.0 Å². The third-order valence-electron chi connectivity index (χ3n) is 2.98. The zero-order chi connectivity index (χ0) is 15.5. The number of carbonyl (C=O) groups is 1. The van der Waals surface area contributed by atoms with Crippen LogP contribution in [0, 0.1) is 0 Å². The van der Waals surface area contributed by atoms with Gasteiger partial charge in [0.2, 0.25) is 0 Å². The van der Waals surface area contributed by atoms with Gasteiger partial charge in [-0.15, -0.1) is 0 Å². The lowest BCUT2D eigenvalue weighted by atomic mass is 10.1. The van der Waals surface area contributed by atoms with Crippen LogP contribution in [0.3, 0.4) is 0 Å². The number of hydrogen-bond acceptors (Lipinski definition) is 2. The molecular formula is C15H14F3NO2. The Labute approximate surface area is 119 Å². The molecule has 0 bridgehead atoms. The largest absolute Gasteiger partial charge is 0.480 e. The molecule has 0 saturated carbocycles. The molecule has 0 aliphatic heterocycles. The van der Waals surface area contributed by atoms with Gasteiger partial charge in [-0.05, 0) is 22.4 Å². The van der Waals surface area contributed by atoms with E-state index in [9.17, 15) is 18.0 Å². The molecule has 0 aromatic heterocycles. The minimum atomic E-state index is -4.42. The van der Waals surface area contributed by atoms with Crippen LogP contribution in [0.5, 0.6) is 0 Å². The summed E-state index contributed by atoms with van der Waals surface area (Å²) in [4.78, 5) is 11.6. The van der Waals surface area contributed by atoms with Gasteiger partial charge in [-0.3, -0.25) is 9.69 Å². The first-order valence-electron chi connectivity index (χ1n) is 6.32. The van der Waals surface area contributed by atoms with Crippen LogP contribution in [-0.4, -0.2) is 35.2 Å². The molecule has 0 atom stereocenters. The number of nitrogens with zero attached hydrogens (tertiary/aromatic N) is 1. The lowest BCUT2D eigenvalue weighted by Gasteiger charge is -2.21. The monoisotopic (exact) mass is 297 g/mol. The van der Waals surface area contributed by atoms with Crippen LogP contribution in [0.25, 0.3) is 10.8 Å². The van der Waals surface area contributed by atoms with E-state index in [1.165, 1.54) is 0 Å². The zero-order valence-electron chi connectivity index (χ0n) is 11.1. The lowest BCUT2D eigenvalue weighted by Crippen LogP contribution is -2.37. The van der Waals surface area contributed by atoms with Crippen LogP contribution >= 0.6 is 0 Å². The normalized spacial score (nSPS) is 12.0. The van der Waals surface area contributed by atoms with E-state index in [0.717, 1.165) is 15.7 Å². The summed E-state index contributed by atoms with van der Waals surface area (Å²) in [5.41, 5.74) is 0.652. The minimum Gasteiger partial charge on any atom is -0.480 e. The third-order valence-corrected chi connectivity index (χ3v) is 2.98. The molecular weight excluding hydrogens is 283 g/mol. The number of alkyl halides is 3. The van der Waals surface area contributed by atoms with Crippen LogP contribution in [-0.2, 0) is 11.3 Å². The molecule has 2 rings (SSSR count). The van der Waals surface area contributed by atoms with E-state index in [1.54, 1.807) is 12.1 Å². The summed E-state index contributed by atoms with van der Waals surface area (Å²) in [6.45, 7) is -1.95. The molecule has 0 aliphatic carbocycles. The van der Waals surface area contributed by atoms with Crippen molar-refractivity contribution in [2.24, 2.45) is 0 Å². The van der Waals surface area contributed by atoms with Gasteiger partial charge >= 0.3 is 12.1 Å². The highest BCUT2D eigenvalue weighted by molar-refractivity contribution is 5.83. The summed E-state index contributed by atoms with van der Waals surface area (Å²) < 4.78 is 37.4. The lowest BCUT2D eigenvalue weighted by molar-refractivity contribution is -0.154. The van der Waals surface area contributed by atoms with Crippen LogP contribution in [0.1, 0.15) is 5.56 Å². The topological polar surface area (TPSA) is 40.5 Å². The second kappa shape index (κ2) is 6.13. The molecule has 3 nitrogen and oxygen atoms in total.